The maximum Gasteiger partial charge on any atom is 0.148 e. The SMILES string of the molecule is CCc1nc(-c2ccc(OC)cc2Cl)c(CC)nc1NC1CCCc2ccc(OC)cc21. The molecule has 4 rings (SSSR count). The number of hydrogen-bond acceptors (Lipinski definition) is 5. The quantitative estimate of drug-likeness (QED) is 0.448. The number of ether oxygens (including phenoxy) is 2. The molecule has 2 aromatic carbocycles. The lowest BCUT2D eigenvalue weighted by Gasteiger charge is -2.28. The third-order valence-electron chi connectivity index (χ3n) is 6.12. The molecule has 1 aliphatic rings. The molecule has 0 spiro atoms. The van der Waals surface area contributed by atoms with Crippen LogP contribution in [0.3, 0.4) is 0 Å². The van der Waals surface area contributed by atoms with Crippen molar-refractivity contribution < 1.29 is 9.47 Å². The van der Waals surface area contributed by atoms with E-state index in [1.807, 2.05) is 24.3 Å². The predicted octanol–water partition coefficient (Wildman–Crippen LogP) is 6.43. The van der Waals surface area contributed by atoms with E-state index in [2.05, 4.69) is 31.3 Å². The number of anilines is 1. The third kappa shape index (κ3) is 4.40. The molecule has 32 heavy (non-hydrogen) atoms. The van der Waals surface area contributed by atoms with Gasteiger partial charge in [-0.2, -0.15) is 0 Å². The van der Waals surface area contributed by atoms with E-state index in [0.29, 0.717) is 5.02 Å². The van der Waals surface area contributed by atoms with Gasteiger partial charge in [0.05, 0.1) is 42.4 Å². The first-order valence-electron chi connectivity index (χ1n) is 11.2. The van der Waals surface area contributed by atoms with Crippen LogP contribution in [-0.2, 0) is 19.3 Å². The number of rotatable bonds is 7. The molecule has 0 fully saturated rings. The van der Waals surface area contributed by atoms with Crippen LogP contribution in [0.2, 0.25) is 5.02 Å². The number of nitrogens with one attached hydrogen (secondary N) is 1. The van der Waals surface area contributed by atoms with Gasteiger partial charge in [-0.25, -0.2) is 9.97 Å². The van der Waals surface area contributed by atoms with E-state index >= 15 is 0 Å². The van der Waals surface area contributed by atoms with Gasteiger partial charge in [-0.15, -0.1) is 0 Å². The fourth-order valence-corrected chi connectivity index (χ4v) is 4.62. The van der Waals surface area contributed by atoms with E-state index < -0.39 is 0 Å². The fraction of sp³-hybridized carbons (Fsp3) is 0.385. The Bertz CT molecular complexity index is 1120. The molecule has 168 valence electrons. The lowest BCUT2D eigenvalue weighted by atomic mass is 9.87. The molecule has 0 bridgehead atoms. The molecule has 1 atom stereocenters. The molecule has 1 aromatic heterocycles. The molecule has 1 N–H and O–H groups in total. The number of aromatic nitrogens is 2. The minimum absolute atomic E-state index is 0.189. The Morgan fingerprint density at radius 1 is 0.969 bits per heavy atom. The van der Waals surface area contributed by atoms with Gasteiger partial charge in [0.1, 0.15) is 17.3 Å². The van der Waals surface area contributed by atoms with Crippen molar-refractivity contribution in [2.45, 2.75) is 52.0 Å². The summed E-state index contributed by atoms with van der Waals surface area (Å²) < 4.78 is 10.8. The molecule has 6 heteroatoms. The summed E-state index contributed by atoms with van der Waals surface area (Å²) in [5.74, 6) is 2.47. The molecular formula is C26H30ClN3O2. The zero-order valence-corrected chi connectivity index (χ0v) is 19.9. The van der Waals surface area contributed by atoms with Gasteiger partial charge in [0, 0.05) is 5.56 Å². The molecule has 1 heterocycles. The first-order chi connectivity index (χ1) is 15.6. The number of halogens is 1. The molecule has 0 radical (unpaired) electrons. The Balaban J connectivity index is 1.73. The minimum Gasteiger partial charge on any atom is -0.497 e. The fourth-order valence-electron chi connectivity index (χ4n) is 4.36. The first-order valence-corrected chi connectivity index (χ1v) is 11.6. The Morgan fingerprint density at radius 2 is 1.69 bits per heavy atom. The Hall–Kier alpha value is -2.79. The maximum absolute atomic E-state index is 6.57. The molecule has 5 nitrogen and oxygen atoms in total. The number of hydrogen-bond donors (Lipinski definition) is 1. The van der Waals surface area contributed by atoms with Gasteiger partial charge in [-0.1, -0.05) is 31.5 Å². The lowest BCUT2D eigenvalue weighted by Crippen LogP contribution is -2.20. The summed E-state index contributed by atoms with van der Waals surface area (Å²) in [5.41, 5.74) is 6.26. The van der Waals surface area contributed by atoms with Crippen LogP contribution < -0.4 is 14.8 Å². The average molecular weight is 452 g/mol. The maximum atomic E-state index is 6.57. The van der Waals surface area contributed by atoms with E-state index in [0.717, 1.165) is 72.1 Å². The van der Waals surface area contributed by atoms with Crippen molar-refractivity contribution in [2.75, 3.05) is 19.5 Å². The zero-order valence-electron chi connectivity index (χ0n) is 19.2. The van der Waals surface area contributed by atoms with Crippen LogP contribution in [0.4, 0.5) is 5.82 Å². The smallest absolute Gasteiger partial charge is 0.148 e. The van der Waals surface area contributed by atoms with Crippen molar-refractivity contribution in [3.05, 3.63) is 63.9 Å². The van der Waals surface area contributed by atoms with Gasteiger partial charge in [0.15, 0.2) is 0 Å². The van der Waals surface area contributed by atoms with Gasteiger partial charge >= 0.3 is 0 Å². The molecule has 0 amide bonds. The summed E-state index contributed by atoms with van der Waals surface area (Å²) in [5, 5.41) is 4.33. The summed E-state index contributed by atoms with van der Waals surface area (Å²) in [6, 6.07) is 12.3. The van der Waals surface area contributed by atoms with E-state index in [4.69, 9.17) is 31.0 Å². The van der Waals surface area contributed by atoms with E-state index in [9.17, 15) is 0 Å². The van der Waals surface area contributed by atoms with Crippen molar-refractivity contribution in [2.24, 2.45) is 0 Å². The highest BCUT2D eigenvalue weighted by molar-refractivity contribution is 6.33. The topological polar surface area (TPSA) is 56.3 Å². The van der Waals surface area contributed by atoms with Crippen LogP contribution in [0.15, 0.2) is 36.4 Å². The predicted molar refractivity (Wildman–Crippen MR) is 130 cm³/mol. The number of nitrogens with zero attached hydrogens (tertiary/aromatic N) is 2. The van der Waals surface area contributed by atoms with Crippen LogP contribution in [0.1, 0.15) is 55.2 Å². The van der Waals surface area contributed by atoms with Crippen molar-refractivity contribution >= 4 is 17.4 Å². The van der Waals surface area contributed by atoms with Crippen LogP contribution in [0, 0.1) is 0 Å². The lowest BCUT2D eigenvalue weighted by molar-refractivity contribution is 0.413. The molecule has 0 saturated heterocycles. The summed E-state index contributed by atoms with van der Waals surface area (Å²) in [6.45, 7) is 4.21. The largest absolute Gasteiger partial charge is 0.497 e. The summed E-state index contributed by atoms with van der Waals surface area (Å²) in [6.07, 6.45) is 4.83. The molecular weight excluding hydrogens is 422 g/mol. The number of methoxy groups -OCH3 is 2. The molecule has 0 aliphatic heterocycles. The molecule has 1 aliphatic carbocycles. The van der Waals surface area contributed by atoms with Crippen LogP contribution >= 0.6 is 11.6 Å². The highest BCUT2D eigenvalue weighted by Gasteiger charge is 2.23. The highest BCUT2D eigenvalue weighted by atomic mass is 35.5. The second-order valence-corrected chi connectivity index (χ2v) is 8.43. The molecule has 3 aromatic rings. The van der Waals surface area contributed by atoms with Crippen LogP contribution in [0.25, 0.3) is 11.3 Å². The Labute approximate surface area is 195 Å². The first kappa shape index (κ1) is 22.4. The summed E-state index contributed by atoms with van der Waals surface area (Å²) in [4.78, 5) is 10.1. The number of benzene rings is 2. The summed E-state index contributed by atoms with van der Waals surface area (Å²) in [7, 11) is 3.35. The average Bonchev–Trinajstić information content (AvgIpc) is 2.83. The zero-order chi connectivity index (χ0) is 22.7. The standard InChI is InChI=1S/C26H30ClN3O2/c1-5-22-25(19-13-12-18(32-4)15-21(19)27)28-23(6-2)26(29-22)30-24-9-7-8-16-10-11-17(31-3)14-20(16)24/h10-15,24H,5-9H2,1-4H3,(H,29,30). The van der Waals surface area contributed by atoms with Gasteiger partial charge in [-0.3, -0.25) is 0 Å². The van der Waals surface area contributed by atoms with Crippen molar-refractivity contribution in [1.82, 2.24) is 9.97 Å². The monoisotopic (exact) mass is 451 g/mol. The Kier molecular flexibility index (Phi) is 6.85. The van der Waals surface area contributed by atoms with Crippen LogP contribution in [-0.4, -0.2) is 24.2 Å². The molecule has 1 unspecified atom stereocenters. The summed E-state index contributed by atoms with van der Waals surface area (Å²) >= 11 is 6.57. The van der Waals surface area contributed by atoms with Crippen molar-refractivity contribution in [3.63, 3.8) is 0 Å². The van der Waals surface area contributed by atoms with Gasteiger partial charge in [0.2, 0.25) is 0 Å². The number of fused-ring (bicyclic) bond motifs is 1. The molecule has 0 saturated carbocycles. The number of aryl methyl sites for hydroxylation is 3. The van der Waals surface area contributed by atoms with E-state index in [-0.39, 0.29) is 6.04 Å². The van der Waals surface area contributed by atoms with E-state index in [1.165, 1.54) is 11.1 Å². The van der Waals surface area contributed by atoms with Crippen molar-refractivity contribution in [1.29, 1.82) is 0 Å². The normalized spacial score (nSPS) is 15.2. The van der Waals surface area contributed by atoms with Crippen molar-refractivity contribution in [3.8, 4) is 22.8 Å². The third-order valence-corrected chi connectivity index (χ3v) is 6.43. The minimum atomic E-state index is 0.189. The highest BCUT2D eigenvalue weighted by Crippen LogP contribution is 2.37. The van der Waals surface area contributed by atoms with Gasteiger partial charge in [0.25, 0.3) is 0 Å². The second kappa shape index (κ2) is 9.78. The van der Waals surface area contributed by atoms with Gasteiger partial charge < -0.3 is 14.8 Å². The Morgan fingerprint density at radius 3 is 2.38 bits per heavy atom. The van der Waals surface area contributed by atoms with Crippen LogP contribution in [0.5, 0.6) is 11.5 Å². The second-order valence-electron chi connectivity index (χ2n) is 8.02. The van der Waals surface area contributed by atoms with Gasteiger partial charge in [-0.05, 0) is 73.6 Å². The van der Waals surface area contributed by atoms with E-state index in [1.54, 1.807) is 14.2 Å².